The van der Waals surface area contributed by atoms with Crippen molar-refractivity contribution in [3.63, 3.8) is 0 Å². The SMILES string of the molecule is Cc1ccc2c(c1)c1ccccc1n2-c1cccc(-n2c3ccc(C#N)cc3c3cc(C#N)ccc32)c1. The van der Waals surface area contributed by atoms with Crippen LogP contribution in [0.25, 0.3) is 55.0 Å². The zero-order valence-corrected chi connectivity index (χ0v) is 20.1. The summed E-state index contributed by atoms with van der Waals surface area (Å²) in [4.78, 5) is 0. The van der Waals surface area contributed by atoms with Crippen LogP contribution in [0, 0.1) is 29.6 Å². The molecule has 0 unspecified atom stereocenters. The molecule has 0 aliphatic carbocycles. The summed E-state index contributed by atoms with van der Waals surface area (Å²) in [6, 6.07) is 39.7. The Morgan fingerprint density at radius 2 is 1.00 bits per heavy atom. The smallest absolute Gasteiger partial charge is 0.0991 e. The van der Waals surface area contributed by atoms with Gasteiger partial charge < -0.3 is 9.13 Å². The van der Waals surface area contributed by atoms with Crippen LogP contribution in [0.15, 0.2) is 103 Å². The van der Waals surface area contributed by atoms with E-state index in [1.165, 1.54) is 27.4 Å². The van der Waals surface area contributed by atoms with Crippen molar-refractivity contribution >= 4 is 43.6 Å². The lowest BCUT2D eigenvalue weighted by Gasteiger charge is -2.13. The predicted molar refractivity (Wildman–Crippen MR) is 149 cm³/mol. The number of hydrogen-bond donors (Lipinski definition) is 0. The van der Waals surface area contributed by atoms with E-state index >= 15 is 0 Å². The average Bonchev–Trinajstić information content (AvgIpc) is 3.44. The second-order valence-corrected chi connectivity index (χ2v) is 9.42. The standard InChI is InChI=1S/C33H20N4/c1-21-9-12-31-27(15-21)26-7-2-3-8-30(26)36(31)24-5-4-6-25(18-24)37-32-13-10-22(19-34)16-28(32)29-17-23(20-35)11-14-33(29)37/h2-18H,1H3. The van der Waals surface area contributed by atoms with Crippen LogP contribution in [-0.2, 0) is 0 Å². The minimum Gasteiger partial charge on any atom is -0.309 e. The number of fused-ring (bicyclic) bond motifs is 6. The molecule has 2 heterocycles. The monoisotopic (exact) mass is 472 g/mol. The van der Waals surface area contributed by atoms with Crippen LogP contribution in [0.5, 0.6) is 0 Å². The second kappa shape index (κ2) is 7.85. The van der Waals surface area contributed by atoms with E-state index < -0.39 is 0 Å². The Morgan fingerprint density at radius 3 is 1.59 bits per heavy atom. The topological polar surface area (TPSA) is 57.4 Å². The first-order valence-corrected chi connectivity index (χ1v) is 12.2. The van der Waals surface area contributed by atoms with Crippen LogP contribution in [0.3, 0.4) is 0 Å². The highest BCUT2D eigenvalue weighted by Crippen LogP contribution is 2.36. The molecule has 0 aliphatic rings. The molecule has 0 atom stereocenters. The van der Waals surface area contributed by atoms with Gasteiger partial charge in [-0.05, 0) is 79.7 Å². The number of nitrogens with zero attached hydrogens (tertiary/aromatic N) is 4. The first-order chi connectivity index (χ1) is 18.2. The summed E-state index contributed by atoms with van der Waals surface area (Å²) in [7, 11) is 0. The van der Waals surface area contributed by atoms with Gasteiger partial charge in [-0.25, -0.2) is 0 Å². The predicted octanol–water partition coefficient (Wildman–Crippen LogP) is 7.93. The second-order valence-electron chi connectivity index (χ2n) is 9.42. The third kappa shape index (κ3) is 3.07. The first kappa shape index (κ1) is 21.0. The molecule has 172 valence electrons. The molecule has 4 heteroatoms. The summed E-state index contributed by atoms with van der Waals surface area (Å²) in [5.74, 6) is 0. The van der Waals surface area contributed by atoms with Crippen molar-refractivity contribution in [3.05, 3.63) is 120 Å². The molecule has 7 rings (SSSR count). The van der Waals surface area contributed by atoms with Crippen LogP contribution >= 0.6 is 0 Å². The maximum Gasteiger partial charge on any atom is 0.0991 e. The fourth-order valence-corrected chi connectivity index (χ4v) is 5.58. The van der Waals surface area contributed by atoms with E-state index in [0.29, 0.717) is 11.1 Å². The van der Waals surface area contributed by atoms with Gasteiger partial charge >= 0.3 is 0 Å². The summed E-state index contributed by atoms with van der Waals surface area (Å²) in [5, 5.41) is 23.4. The minimum absolute atomic E-state index is 0.600. The number of para-hydroxylation sites is 1. The molecule has 2 aromatic heterocycles. The quantitative estimate of drug-likeness (QED) is 0.256. The van der Waals surface area contributed by atoms with Crippen molar-refractivity contribution in [2.75, 3.05) is 0 Å². The van der Waals surface area contributed by atoms with Crippen molar-refractivity contribution in [2.45, 2.75) is 6.92 Å². The first-order valence-electron chi connectivity index (χ1n) is 12.2. The molecule has 7 aromatic rings. The molecular formula is C33H20N4. The highest BCUT2D eigenvalue weighted by atomic mass is 15.0. The summed E-state index contributed by atoms with van der Waals surface area (Å²) in [5.41, 5.74) is 8.87. The molecule has 0 spiro atoms. The van der Waals surface area contributed by atoms with Crippen molar-refractivity contribution in [1.82, 2.24) is 9.13 Å². The average molecular weight is 473 g/mol. The summed E-state index contributed by atoms with van der Waals surface area (Å²) < 4.78 is 4.54. The van der Waals surface area contributed by atoms with Gasteiger partial charge in [0.15, 0.2) is 0 Å². The molecule has 0 amide bonds. The van der Waals surface area contributed by atoms with Crippen LogP contribution in [-0.4, -0.2) is 9.13 Å². The molecule has 0 aliphatic heterocycles. The Balaban J connectivity index is 1.54. The molecule has 0 N–H and O–H groups in total. The van der Waals surface area contributed by atoms with E-state index in [9.17, 15) is 10.5 Å². The number of aromatic nitrogens is 2. The highest BCUT2D eigenvalue weighted by Gasteiger charge is 2.16. The highest BCUT2D eigenvalue weighted by molar-refractivity contribution is 6.11. The third-order valence-electron chi connectivity index (χ3n) is 7.20. The lowest BCUT2D eigenvalue weighted by Crippen LogP contribution is -1.98. The Morgan fingerprint density at radius 1 is 0.486 bits per heavy atom. The van der Waals surface area contributed by atoms with Gasteiger partial charge in [0.25, 0.3) is 0 Å². The van der Waals surface area contributed by atoms with Crippen molar-refractivity contribution in [3.8, 4) is 23.5 Å². The molecule has 5 aromatic carbocycles. The Bertz CT molecular complexity index is 2060. The zero-order chi connectivity index (χ0) is 25.1. The summed E-state index contributed by atoms with van der Waals surface area (Å²) in [6.45, 7) is 2.13. The molecule has 0 bridgehead atoms. The zero-order valence-electron chi connectivity index (χ0n) is 20.1. The number of nitriles is 2. The molecular weight excluding hydrogens is 452 g/mol. The van der Waals surface area contributed by atoms with Crippen molar-refractivity contribution in [1.29, 1.82) is 10.5 Å². The Kier molecular flexibility index (Phi) is 4.46. The van der Waals surface area contributed by atoms with Gasteiger partial charge in [0.2, 0.25) is 0 Å². The van der Waals surface area contributed by atoms with Gasteiger partial charge in [-0.1, -0.05) is 35.9 Å². The fraction of sp³-hybridized carbons (Fsp3) is 0.0303. The van der Waals surface area contributed by atoms with Crippen LogP contribution in [0.2, 0.25) is 0 Å². The van der Waals surface area contributed by atoms with Crippen LogP contribution in [0.1, 0.15) is 16.7 Å². The Labute approximate surface area is 213 Å². The van der Waals surface area contributed by atoms with Gasteiger partial charge in [0.05, 0.1) is 45.3 Å². The van der Waals surface area contributed by atoms with Crippen molar-refractivity contribution < 1.29 is 0 Å². The van der Waals surface area contributed by atoms with Gasteiger partial charge in [-0.2, -0.15) is 10.5 Å². The lowest BCUT2D eigenvalue weighted by atomic mass is 10.1. The van der Waals surface area contributed by atoms with E-state index in [4.69, 9.17) is 0 Å². The number of benzene rings is 5. The third-order valence-corrected chi connectivity index (χ3v) is 7.20. The number of hydrogen-bond acceptors (Lipinski definition) is 2. The maximum atomic E-state index is 9.51. The van der Waals surface area contributed by atoms with Gasteiger partial charge in [0, 0.05) is 32.9 Å². The number of aryl methyl sites for hydroxylation is 1. The molecule has 0 saturated heterocycles. The van der Waals surface area contributed by atoms with Crippen molar-refractivity contribution in [2.24, 2.45) is 0 Å². The lowest BCUT2D eigenvalue weighted by molar-refractivity contribution is 1.13. The van der Waals surface area contributed by atoms with Gasteiger partial charge in [0.1, 0.15) is 0 Å². The Hall–Kier alpha value is -5.32. The fourth-order valence-electron chi connectivity index (χ4n) is 5.58. The molecule has 4 nitrogen and oxygen atoms in total. The minimum atomic E-state index is 0.600. The largest absolute Gasteiger partial charge is 0.309 e. The van der Waals surface area contributed by atoms with Gasteiger partial charge in [-0.15, -0.1) is 0 Å². The summed E-state index contributed by atoms with van der Waals surface area (Å²) >= 11 is 0. The molecule has 0 saturated carbocycles. The van der Waals surface area contributed by atoms with Crippen LogP contribution in [0.4, 0.5) is 0 Å². The van der Waals surface area contributed by atoms with E-state index in [1.807, 2.05) is 36.4 Å². The molecule has 0 radical (unpaired) electrons. The van der Waals surface area contributed by atoms with Crippen LogP contribution < -0.4 is 0 Å². The van der Waals surface area contributed by atoms with E-state index in [0.717, 1.165) is 33.2 Å². The summed E-state index contributed by atoms with van der Waals surface area (Å²) in [6.07, 6.45) is 0. The normalized spacial score (nSPS) is 11.3. The van der Waals surface area contributed by atoms with E-state index in [2.05, 4.69) is 94.9 Å². The maximum absolute atomic E-state index is 9.51. The number of rotatable bonds is 2. The molecule has 0 fully saturated rings. The van der Waals surface area contributed by atoms with E-state index in [1.54, 1.807) is 0 Å². The van der Waals surface area contributed by atoms with E-state index in [-0.39, 0.29) is 0 Å². The van der Waals surface area contributed by atoms with Gasteiger partial charge in [-0.3, -0.25) is 0 Å². The molecule has 37 heavy (non-hydrogen) atoms.